The summed E-state index contributed by atoms with van der Waals surface area (Å²) in [5.74, 6) is -11.1. The Bertz CT molecular complexity index is 1430. The molecule has 0 amide bonds. The van der Waals surface area contributed by atoms with Crippen molar-refractivity contribution in [3.05, 3.63) is 31.1 Å². The molecule has 0 aliphatic heterocycles. The van der Waals surface area contributed by atoms with Gasteiger partial charge in [-0.25, -0.2) is 0 Å². The number of hydrogen-bond acceptors (Lipinski definition) is 15. The number of rotatable bonds is 15. The number of aromatic hydroxyl groups is 6. The molecule has 0 aliphatic rings. The van der Waals surface area contributed by atoms with Crippen LogP contribution in [-0.4, -0.2) is 72.7 Å². The van der Waals surface area contributed by atoms with Gasteiger partial charge in [-0.2, -0.15) is 0 Å². The fourth-order valence-electron chi connectivity index (χ4n) is 3.26. The highest BCUT2D eigenvalue weighted by molar-refractivity contribution is 6.39. The number of pyridine rings is 3. The third-order valence-corrected chi connectivity index (χ3v) is 5.26. The molecule has 0 fully saturated rings. The fourth-order valence-corrected chi connectivity index (χ4v) is 3.26. The highest BCUT2D eigenvalue weighted by atomic mass is 16.7. The summed E-state index contributed by atoms with van der Waals surface area (Å²) in [5.41, 5.74) is -3.22. The van der Waals surface area contributed by atoms with E-state index in [1.807, 2.05) is 0 Å². The summed E-state index contributed by atoms with van der Waals surface area (Å²) in [6.45, 7) is 5.19. The molecule has 3 heterocycles. The van der Waals surface area contributed by atoms with Gasteiger partial charge in [-0.3, -0.25) is 29.3 Å². The van der Waals surface area contributed by atoms with Crippen molar-refractivity contribution in [2.24, 2.45) is 0 Å². The Morgan fingerprint density at radius 3 is 0.977 bits per heavy atom. The van der Waals surface area contributed by atoms with Crippen LogP contribution in [-0.2, 0) is 0 Å². The van der Waals surface area contributed by atoms with E-state index >= 15 is 0 Å². The lowest BCUT2D eigenvalue weighted by Gasteiger charge is -2.19. The van der Waals surface area contributed by atoms with Gasteiger partial charge in [0.05, 0.1) is 19.8 Å². The SMILES string of the molecule is CCCOc1c(O)c(O)c(OB(Oc2[nH]c(=O)c(OCCC)c(O)c2O)Oc2[nH]c(=O)c(OCCC)c(O)c2O)[nH]c1=O. The van der Waals surface area contributed by atoms with E-state index in [4.69, 9.17) is 28.2 Å². The summed E-state index contributed by atoms with van der Waals surface area (Å²) in [4.78, 5) is 43.6. The molecule has 0 saturated carbocycles. The predicted molar refractivity (Wildman–Crippen MR) is 146 cm³/mol. The van der Waals surface area contributed by atoms with Crippen LogP contribution >= 0.6 is 0 Å². The van der Waals surface area contributed by atoms with Gasteiger partial charge in [0.15, 0.2) is 0 Å². The van der Waals surface area contributed by atoms with Gasteiger partial charge in [0.25, 0.3) is 16.7 Å². The second-order valence-electron chi connectivity index (χ2n) is 8.62. The average Bonchev–Trinajstić information content (AvgIpc) is 2.97. The number of H-pyrrole nitrogens is 3. The van der Waals surface area contributed by atoms with Gasteiger partial charge in [0.2, 0.25) is 69.4 Å². The summed E-state index contributed by atoms with van der Waals surface area (Å²) in [7, 11) is -2.38. The van der Waals surface area contributed by atoms with Gasteiger partial charge >= 0.3 is 7.32 Å². The Morgan fingerprint density at radius 2 is 0.744 bits per heavy atom. The summed E-state index contributed by atoms with van der Waals surface area (Å²) in [6, 6.07) is 0. The maximum Gasteiger partial charge on any atom is 0.867 e. The van der Waals surface area contributed by atoms with Crippen LogP contribution in [0, 0.1) is 0 Å². The smallest absolute Gasteiger partial charge is 0.501 e. The molecular formula is C24H30BN3O15. The minimum atomic E-state index is -2.38. The van der Waals surface area contributed by atoms with E-state index in [0.717, 1.165) is 0 Å². The maximum absolute atomic E-state index is 12.5. The molecule has 0 atom stereocenters. The number of aromatic amines is 3. The third kappa shape index (κ3) is 7.06. The second kappa shape index (κ2) is 13.9. The predicted octanol–water partition coefficient (Wildman–Crippen LogP) is 0.873. The molecule has 0 radical (unpaired) electrons. The van der Waals surface area contributed by atoms with Crippen LogP contribution in [0.4, 0.5) is 0 Å². The molecule has 0 aliphatic carbocycles. The minimum absolute atomic E-state index is 0.00727. The lowest BCUT2D eigenvalue weighted by atomic mass is 10.2. The molecule has 9 N–H and O–H groups in total. The summed E-state index contributed by atoms with van der Waals surface area (Å²) >= 11 is 0. The van der Waals surface area contributed by atoms with Gasteiger partial charge in [0.1, 0.15) is 0 Å². The Morgan fingerprint density at radius 1 is 0.488 bits per heavy atom. The van der Waals surface area contributed by atoms with Crippen molar-refractivity contribution in [3.63, 3.8) is 0 Å². The Hall–Kier alpha value is -5.49. The van der Waals surface area contributed by atoms with E-state index in [9.17, 15) is 45.0 Å². The van der Waals surface area contributed by atoms with E-state index in [1.165, 1.54) is 0 Å². The topological polar surface area (TPSA) is 275 Å². The fraction of sp³-hybridized carbons (Fsp3) is 0.375. The van der Waals surface area contributed by atoms with Crippen LogP contribution in [0.15, 0.2) is 14.4 Å². The molecule has 3 aromatic rings. The number of aromatic nitrogens is 3. The molecule has 0 spiro atoms. The summed E-state index contributed by atoms with van der Waals surface area (Å²) < 4.78 is 31.2. The van der Waals surface area contributed by atoms with Gasteiger partial charge in [0, 0.05) is 0 Å². The van der Waals surface area contributed by atoms with Crippen LogP contribution in [0.25, 0.3) is 0 Å². The summed E-state index contributed by atoms with van der Waals surface area (Å²) in [5, 5.41) is 62.2. The molecule has 18 nitrogen and oxygen atoms in total. The molecule has 3 aromatic heterocycles. The normalized spacial score (nSPS) is 10.7. The van der Waals surface area contributed by atoms with Crippen molar-refractivity contribution in [1.82, 2.24) is 15.0 Å². The first-order valence-corrected chi connectivity index (χ1v) is 12.9. The van der Waals surface area contributed by atoms with E-state index in [2.05, 4.69) is 15.0 Å². The van der Waals surface area contributed by atoms with Crippen molar-refractivity contribution in [1.29, 1.82) is 0 Å². The van der Waals surface area contributed by atoms with E-state index in [0.29, 0.717) is 19.3 Å². The zero-order valence-corrected chi connectivity index (χ0v) is 23.2. The molecule has 234 valence electrons. The number of hydrogen-bond donors (Lipinski definition) is 9. The van der Waals surface area contributed by atoms with Gasteiger partial charge in [-0.1, -0.05) is 20.8 Å². The maximum atomic E-state index is 12.5. The zero-order chi connectivity index (χ0) is 31.8. The molecule has 0 unspecified atom stereocenters. The highest BCUT2D eigenvalue weighted by Gasteiger charge is 2.38. The van der Waals surface area contributed by atoms with Crippen molar-refractivity contribution in [3.8, 4) is 69.4 Å². The first-order valence-electron chi connectivity index (χ1n) is 12.9. The Kier molecular flexibility index (Phi) is 10.4. The largest absolute Gasteiger partial charge is 0.867 e. The first-order chi connectivity index (χ1) is 20.4. The molecule has 0 bridgehead atoms. The van der Waals surface area contributed by atoms with Crippen LogP contribution in [0.3, 0.4) is 0 Å². The Labute approximate surface area is 241 Å². The Balaban J connectivity index is 2.09. The van der Waals surface area contributed by atoms with E-state index in [1.54, 1.807) is 20.8 Å². The van der Waals surface area contributed by atoms with Crippen LogP contribution in [0.1, 0.15) is 40.0 Å². The standard InChI is InChI=1S/C24H30BN3O15/c1-4-7-38-16-10(29)13(32)22(26-19(16)35)41-25(42-23-14(33)11(30)17(20(36)27-23)39-8-5-2)43-24-15(34)12(31)18(21(37)28-24)40-9-6-3/h32-34H,4-9H2,1-3H3,(H2,26,29,35)(H2,27,30,36)(H2,28,31,37). The third-order valence-electron chi connectivity index (χ3n) is 5.26. The first kappa shape index (κ1) is 32.0. The molecular weight excluding hydrogens is 581 g/mol. The second-order valence-corrected chi connectivity index (χ2v) is 8.62. The molecule has 0 saturated heterocycles. The summed E-state index contributed by atoms with van der Waals surface area (Å²) in [6.07, 6.45) is 1.36. The van der Waals surface area contributed by atoms with Crippen LogP contribution < -0.4 is 44.9 Å². The van der Waals surface area contributed by atoms with Gasteiger partial charge < -0.3 is 58.8 Å². The van der Waals surface area contributed by atoms with Crippen LogP contribution in [0.5, 0.6) is 69.4 Å². The molecule has 43 heavy (non-hydrogen) atoms. The monoisotopic (exact) mass is 611 g/mol. The van der Waals surface area contributed by atoms with Crippen molar-refractivity contribution in [2.45, 2.75) is 40.0 Å². The van der Waals surface area contributed by atoms with Crippen LogP contribution in [0.2, 0.25) is 0 Å². The lowest BCUT2D eigenvalue weighted by molar-refractivity contribution is 0.250. The zero-order valence-electron chi connectivity index (χ0n) is 23.2. The van der Waals surface area contributed by atoms with Gasteiger partial charge in [-0.05, 0) is 19.3 Å². The van der Waals surface area contributed by atoms with Crippen molar-refractivity contribution >= 4 is 7.32 Å². The average molecular weight is 611 g/mol. The lowest BCUT2D eigenvalue weighted by Crippen LogP contribution is -2.39. The van der Waals surface area contributed by atoms with Gasteiger partial charge in [-0.15, -0.1) is 0 Å². The van der Waals surface area contributed by atoms with E-state index < -0.39 is 93.4 Å². The van der Waals surface area contributed by atoms with Crippen molar-refractivity contribution in [2.75, 3.05) is 19.8 Å². The van der Waals surface area contributed by atoms with Crippen molar-refractivity contribution < 1.29 is 58.8 Å². The minimum Gasteiger partial charge on any atom is -0.501 e. The number of nitrogens with one attached hydrogen (secondary N) is 3. The van der Waals surface area contributed by atoms with E-state index in [-0.39, 0.29) is 19.8 Å². The molecule has 0 aromatic carbocycles. The molecule has 3 rings (SSSR count). The molecule has 19 heteroatoms. The highest BCUT2D eigenvalue weighted by Crippen LogP contribution is 2.42. The quantitative estimate of drug-likeness (QED) is 0.108. The number of ether oxygens (including phenoxy) is 3.